The summed E-state index contributed by atoms with van der Waals surface area (Å²) in [5.41, 5.74) is 4.95. The van der Waals surface area contributed by atoms with Gasteiger partial charge in [0.15, 0.2) is 11.5 Å². The lowest BCUT2D eigenvalue weighted by molar-refractivity contribution is -0.119. The number of hydrogen-bond donors (Lipinski definition) is 2. The van der Waals surface area contributed by atoms with E-state index in [0.717, 1.165) is 11.1 Å². The van der Waals surface area contributed by atoms with Gasteiger partial charge in [0.25, 0.3) is 0 Å². The first kappa shape index (κ1) is 25.7. The van der Waals surface area contributed by atoms with E-state index in [-0.39, 0.29) is 17.2 Å². The Hall–Kier alpha value is -2.91. The summed E-state index contributed by atoms with van der Waals surface area (Å²) in [7, 11) is 1.61. The zero-order valence-corrected chi connectivity index (χ0v) is 21.6. The largest absolute Gasteiger partial charge is 0.493 e. The molecule has 182 valence electrons. The van der Waals surface area contributed by atoms with Gasteiger partial charge in [0, 0.05) is 16.1 Å². The molecular weight excluding hydrogens is 474 g/mol. The normalized spacial score (nSPS) is 11.2. The zero-order valence-electron chi connectivity index (χ0n) is 20.0. The van der Waals surface area contributed by atoms with Gasteiger partial charge in [-0.15, -0.1) is 10.2 Å². The molecule has 0 fully saturated rings. The number of aryl methyl sites for hydroxylation is 1. The van der Waals surface area contributed by atoms with Crippen LogP contribution in [0, 0.1) is 6.92 Å². The lowest BCUT2D eigenvalue weighted by atomic mass is 10.1. The quantitative estimate of drug-likeness (QED) is 0.391. The van der Waals surface area contributed by atoms with Crippen LogP contribution in [0.1, 0.15) is 37.7 Å². The lowest BCUT2D eigenvalue weighted by Crippen LogP contribution is -2.41. The van der Waals surface area contributed by atoms with E-state index in [1.165, 1.54) is 11.8 Å². The topological polar surface area (TPSA) is 90.3 Å². The molecule has 1 aromatic heterocycles. The van der Waals surface area contributed by atoms with Gasteiger partial charge in [-0.1, -0.05) is 47.6 Å². The molecule has 0 spiro atoms. The molecule has 0 atom stereocenters. The highest BCUT2D eigenvalue weighted by Crippen LogP contribution is 2.32. The van der Waals surface area contributed by atoms with Crippen LogP contribution in [0.2, 0.25) is 5.02 Å². The Morgan fingerprint density at radius 3 is 2.56 bits per heavy atom. The van der Waals surface area contributed by atoms with Crippen molar-refractivity contribution < 1.29 is 14.3 Å². The number of ether oxygens (including phenoxy) is 2. The van der Waals surface area contributed by atoms with Crippen LogP contribution < -0.4 is 20.2 Å². The molecule has 0 unspecified atom stereocenters. The van der Waals surface area contributed by atoms with Crippen molar-refractivity contribution in [1.29, 1.82) is 0 Å². The van der Waals surface area contributed by atoms with Crippen molar-refractivity contribution in [3.8, 4) is 11.5 Å². The van der Waals surface area contributed by atoms with Crippen LogP contribution in [0.25, 0.3) is 0 Å². The zero-order chi connectivity index (χ0) is 24.7. The molecule has 3 aromatic rings. The highest BCUT2D eigenvalue weighted by Gasteiger charge is 2.17. The first-order valence-electron chi connectivity index (χ1n) is 10.8. The van der Waals surface area contributed by atoms with Crippen LogP contribution in [0.5, 0.6) is 11.5 Å². The summed E-state index contributed by atoms with van der Waals surface area (Å²) >= 11 is 7.30. The summed E-state index contributed by atoms with van der Waals surface area (Å²) in [4.78, 5) is 12.2. The number of amides is 1. The number of nitrogens with one attached hydrogen (secondary N) is 2. The third-order valence-electron chi connectivity index (χ3n) is 4.65. The lowest BCUT2D eigenvalue weighted by Gasteiger charge is -2.20. The molecule has 10 heteroatoms. The molecule has 0 saturated carbocycles. The van der Waals surface area contributed by atoms with Crippen molar-refractivity contribution in [3.05, 3.63) is 64.4 Å². The van der Waals surface area contributed by atoms with Crippen molar-refractivity contribution in [3.63, 3.8) is 0 Å². The van der Waals surface area contributed by atoms with Crippen LogP contribution in [0.15, 0.2) is 47.6 Å². The molecule has 1 heterocycles. The Balaban J connectivity index is 1.70. The van der Waals surface area contributed by atoms with Crippen LogP contribution in [0.4, 0.5) is 0 Å². The maximum atomic E-state index is 12.2. The molecule has 0 aliphatic heterocycles. The van der Waals surface area contributed by atoms with E-state index >= 15 is 0 Å². The van der Waals surface area contributed by atoms with Crippen LogP contribution in [-0.4, -0.2) is 39.2 Å². The SMILES string of the molecule is COc1cccc(CNn2c(C)nnc2SCC(=O)NC(C)(C)C)c1OCc1ccc(Cl)cc1. The maximum absolute atomic E-state index is 12.2. The van der Waals surface area contributed by atoms with Crippen LogP contribution >= 0.6 is 23.4 Å². The molecule has 8 nitrogen and oxygen atoms in total. The molecular formula is C24H30ClN5O3S. The summed E-state index contributed by atoms with van der Waals surface area (Å²) in [5.74, 6) is 2.16. The Bertz CT molecular complexity index is 1110. The molecule has 34 heavy (non-hydrogen) atoms. The fourth-order valence-corrected chi connectivity index (χ4v) is 4.01. The smallest absolute Gasteiger partial charge is 0.230 e. The van der Waals surface area contributed by atoms with Gasteiger partial charge < -0.3 is 20.2 Å². The first-order chi connectivity index (χ1) is 16.2. The summed E-state index contributed by atoms with van der Waals surface area (Å²) in [6, 6.07) is 13.3. The van der Waals surface area contributed by atoms with Gasteiger partial charge in [-0.3, -0.25) is 4.79 Å². The molecule has 0 saturated heterocycles. The van der Waals surface area contributed by atoms with Gasteiger partial charge in [-0.05, 0) is 51.5 Å². The van der Waals surface area contributed by atoms with Gasteiger partial charge in [0.2, 0.25) is 11.1 Å². The van der Waals surface area contributed by atoms with E-state index in [1.807, 2.05) is 70.2 Å². The van der Waals surface area contributed by atoms with E-state index in [9.17, 15) is 4.79 Å². The molecule has 2 N–H and O–H groups in total. The van der Waals surface area contributed by atoms with E-state index in [2.05, 4.69) is 20.9 Å². The minimum absolute atomic E-state index is 0.0598. The number of rotatable bonds is 10. The van der Waals surface area contributed by atoms with E-state index in [4.69, 9.17) is 21.1 Å². The minimum atomic E-state index is -0.283. The molecule has 2 aromatic carbocycles. The second-order valence-electron chi connectivity index (χ2n) is 8.65. The van der Waals surface area contributed by atoms with Crippen LogP contribution in [-0.2, 0) is 17.9 Å². The van der Waals surface area contributed by atoms with Gasteiger partial charge in [0.05, 0.1) is 19.4 Å². The predicted octanol–water partition coefficient (Wildman–Crippen LogP) is 4.58. The number of methoxy groups -OCH3 is 1. The summed E-state index contributed by atoms with van der Waals surface area (Å²) < 4.78 is 13.4. The summed E-state index contributed by atoms with van der Waals surface area (Å²) in [5, 5.41) is 12.6. The maximum Gasteiger partial charge on any atom is 0.230 e. The number of nitrogens with zero attached hydrogens (tertiary/aromatic N) is 3. The number of carbonyl (C=O) groups excluding carboxylic acids is 1. The number of halogens is 1. The standard InChI is InChI=1S/C24H30ClN5O3S/c1-16-28-29-23(34-15-21(31)27-24(2,3)4)30(16)26-13-18-7-6-8-20(32-5)22(18)33-14-17-9-11-19(25)12-10-17/h6-12,26H,13-15H2,1-5H3,(H,27,31). The molecule has 1 amide bonds. The Morgan fingerprint density at radius 2 is 1.88 bits per heavy atom. The second kappa shape index (κ2) is 11.5. The molecule has 0 bridgehead atoms. The minimum Gasteiger partial charge on any atom is -0.493 e. The Morgan fingerprint density at radius 1 is 1.15 bits per heavy atom. The number of para-hydroxylation sites is 1. The fraction of sp³-hybridized carbons (Fsp3) is 0.375. The van der Waals surface area contributed by atoms with Crippen LogP contribution in [0.3, 0.4) is 0 Å². The number of hydrogen-bond acceptors (Lipinski definition) is 7. The Labute approximate surface area is 209 Å². The number of carbonyl (C=O) groups is 1. The molecule has 0 radical (unpaired) electrons. The van der Waals surface area contributed by atoms with Crippen molar-refractivity contribution in [2.24, 2.45) is 0 Å². The van der Waals surface area contributed by atoms with E-state index in [0.29, 0.717) is 40.7 Å². The number of aromatic nitrogens is 3. The number of benzene rings is 2. The molecule has 0 aliphatic rings. The molecule has 0 aliphatic carbocycles. The van der Waals surface area contributed by atoms with Gasteiger partial charge >= 0.3 is 0 Å². The highest BCUT2D eigenvalue weighted by atomic mass is 35.5. The Kier molecular flexibility index (Phi) is 8.68. The van der Waals surface area contributed by atoms with Gasteiger partial charge in [0.1, 0.15) is 12.4 Å². The van der Waals surface area contributed by atoms with E-state index < -0.39 is 0 Å². The summed E-state index contributed by atoms with van der Waals surface area (Å²) in [6.07, 6.45) is 0. The van der Waals surface area contributed by atoms with E-state index in [1.54, 1.807) is 11.8 Å². The van der Waals surface area contributed by atoms with Crippen molar-refractivity contribution >= 4 is 29.3 Å². The third-order valence-corrected chi connectivity index (χ3v) is 5.83. The van der Waals surface area contributed by atoms with Crippen molar-refractivity contribution in [1.82, 2.24) is 20.2 Å². The van der Waals surface area contributed by atoms with Crippen molar-refractivity contribution in [2.45, 2.75) is 51.5 Å². The van der Waals surface area contributed by atoms with Gasteiger partial charge in [-0.25, -0.2) is 4.68 Å². The second-order valence-corrected chi connectivity index (χ2v) is 10.0. The summed E-state index contributed by atoms with van der Waals surface area (Å²) in [6.45, 7) is 8.51. The fourth-order valence-electron chi connectivity index (χ4n) is 3.13. The third kappa shape index (κ3) is 7.30. The average molecular weight is 504 g/mol. The monoisotopic (exact) mass is 503 g/mol. The number of thioether (sulfide) groups is 1. The highest BCUT2D eigenvalue weighted by molar-refractivity contribution is 7.99. The predicted molar refractivity (Wildman–Crippen MR) is 135 cm³/mol. The van der Waals surface area contributed by atoms with Crippen molar-refractivity contribution in [2.75, 3.05) is 18.3 Å². The van der Waals surface area contributed by atoms with Gasteiger partial charge in [-0.2, -0.15) is 0 Å². The average Bonchev–Trinajstić information content (AvgIpc) is 3.14. The first-order valence-corrected chi connectivity index (χ1v) is 12.2. The molecule has 3 rings (SSSR count).